The lowest BCUT2D eigenvalue weighted by molar-refractivity contribution is -0.139. The third kappa shape index (κ3) is 5.25. The molecule has 0 fully saturated rings. The van der Waals surface area contributed by atoms with Crippen LogP contribution in [0.4, 0.5) is 0 Å². The van der Waals surface area contributed by atoms with Gasteiger partial charge in [0, 0.05) is 11.5 Å². The monoisotopic (exact) mass is 324 g/mol. The van der Waals surface area contributed by atoms with Gasteiger partial charge >= 0.3 is 0 Å². The van der Waals surface area contributed by atoms with Gasteiger partial charge in [-0.25, -0.2) is 4.21 Å². The number of carbonyl (C=O) groups excluding carboxylic acids is 2. The van der Waals surface area contributed by atoms with E-state index in [1.54, 1.807) is 0 Å². The Balaban J connectivity index is 2.29. The molecule has 19 heavy (non-hydrogen) atoms. The van der Waals surface area contributed by atoms with Gasteiger partial charge in [-0.3, -0.25) is 9.59 Å². The summed E-state index contributed by atoms with van der Waals surface area (Å²) < 4.78 is 19.0. The Morgan fingerprint density at radius 1 is 1.37 bits per heavy atom. The number of carbonyl (C=O) groups is 2. The molecule has 0 saturated carbocycles. The fourth-order valence-electron chi connectivity index (χ4n) is 1.13. The molecule has 0 radical (unpaired) electrons. The highest BCUT2D eigenvalue weighted by molar-refractivity contribution is 8.82. The third-order valence-electron chi connectivity index (χ3n) is 2.46. The van der Waals surface area contributed by atoms with Crippen LogP contribution in [0, 0.1) is 5.41 Å². The molecule has 6 nitrogen and oxygen atoms in total. The number of hydrogen-bond donors (Lipinski definition) is 2. The number of rotatable bonds is 6. The van der Waals surface area contributed by atoms with E-state index >= 15 is 0 Å². The van der Waals surface area contributed by atoms with Gasteiger partial charge in [0.05, 0.1) is 0 Å². The van der Waals surface area contributed by atoms with Gasteiger partial charge in [0.2, 0.25) is 5.91 Å². The summed E-state index contributed by atoms with van der Waals surface area (Å²) >= 11 is -1.73. The van der Waals surface area contributed by atoms with Crippen molar-refractivity contribution < 1.29 is 18.4 Å². The van der Waals surface area contributed by atoms with Crippen LogP contribution in [0.5, 0.6) is 0 Å². The van der Waals surface area contributed by atoms with Crippen molar-refractivity contribution in [1.29, 1.82) is 0 Å². The summed E-state index contributed by atoms with van der Waals surface area (Å²) in [6.45, 7) is 3.08. The zero-order valence-electron chi connectivity index (χ0n) is 10.7. The molecule has 2 N–H and O–H groups in total. The van der Waals surface area contributed by atoms with E-state index in [1.807, 2.05) is 0 Å². The first kappa shape index (κ1) is 16.7. The predicted molar refractivity (Wildman–Crippen MR) is 79.3 cm³/mol. The van der Waals surface area contributed by atoms with Gasteiger partial charge in [-0.15, -0.1) is 0 Å². The van der Waals surface area contributed by atoms with Crippen LogP contribution < -0.4 is 5.32 Å². The minimum Gasteiger partial charge on any atom is -0.306 e. The van der Waals surface area contributed by atoms with E-state index < -0.39 is 22.4 Å². The first-order valence-corrected chi connectivity index (χ1v) is 9.25. The molecule has 1 aliphatic rings. The maximum absolute atomic E-state index is 11.6. The predicted octanol–water partition coefficient (Wildman–Crippen LogP) is 1.41. The highest BCUT2D eigenvalue weighted by Crippen LogP contribution is 2.28. The number of amidine groups is 1. The Bertz CT molecular complexity index is 423. The molecule has 0 spiro atoms. The zero-order chi connectivity index (χ0) is 14.5. The molecule has 2 amide bonds. The molecule has 0 aromatic heterocycles. The quantitative estimate of drug-likeness (QED) is 0.332. The van der Waals surface area contributed by atoms with Crippen molar-refractivity contribution in [2.24, 2.45) is 10.4 Å². The number of amides is 2. The van der Waals surface area contributed by atoms with Crippen molar-refractivity contribution in [3.05, 3.63) is 0 Å². The van der Waals surface area contributed by atoms with E-state index in [0.29, 0.717) is 11.6 Å². The van der Waals surface area contributed by atoms with Crippen LogP contribution in [0.2, 0.25) is 0 Å². The van der Waals surface area contributed by atoms with E-state index in [0.717, 1.165) is 12.2 Å². The Morgan fingerprint density at radius 3 is 2.63 bits per heavy atom. The molecule has 0 aliphatic carbocycles. The molecule has 1 rings (SSSR count). The normalized spacial score (nSPS) is 19.8. The van der Waals surface area contributed by atoms with Gasteiger partial charge in [0.1, 0.15) is 5.41 Å². The van der Waals surface area contributed by atoms with Crippen LogP contribution in [-0.4, -0.2) is 37.2 Å². The molecule has 1 unspecified atom stereocenters. The standard InChI is InChI=1S/C10H16N2O4S3/c1-10(2)7(13)11-9(12-8(10)14)18-17-5-3-4-6-19(15)16/h3-6H2,1-2H3,(H,15,16)(H,11,12,13,14). The smallest absolute Gasteiger partial charge is 0.263 e. The second kappa shape index (κ2) is 7.41. The van der Waals surface area contributed by atoms with Crippen LogP contribution in [-0.2, 0) is 20.7 Å². The van der Waals surface area contributed by atoms with Crippen molar-refractivity contribution in [3.63, 3.8) is 0 Å². The average molecular weight is 324 g/mol. The van der Waals surface area contributed by atoms with Crippen molar-refractivity contribution in [1.82, 2.24) is 5.32 Å². The van der Waals surface area contributed by atoms with Crippen LogP contribution in [0.25, 0.3) is 0 Å². The molecule has 108 valence electrons. The number of hydrogen-bond acceptors (Lipinski definition) is 5. The summed E-state index contributed by atoms with van der Waals surface area (Å²) in [4.78, 5) is 27.1. The third-order valence-corrected chi connectivity index (χ3v) is 5.35. The van der Waals surface area contributed by atoms with Crippen molar-refractivity contribution in [2.75, 3.05) is 11.5 Å². The zero-order valence-corrected chi connectivity index (χ0v) is 13.1. The van der Waals surface area contributed by atoms with Gasteiger partial charge in [-0.05, 0) is 37.5 Å². The van der Waals surface area contributed by atoms with Crippen LogP contribution in [0.1, 0.15) is 26.7 Å². The number of nitrogens with zero attached hydrogens (tertiary/aromatic N) is 1. The molecule has 0 aromatic rings. The Morgan fingerprint density at radius 2 is 2.05 bits per heavy atom. The maximum Gasteiger partial charge on any atom is 0.263 e. The second-order valence-corrected chi connectivity index (χ2v) is 7.89. The number of aliphatic imine (C=N–C) groups is 1. The van der Waals surface area contributed by atoms with Gasteiger partial charge in [0.15, 0.2) is 16.2 Å². The fourth-order valence-corrected chi connectivity index (χ4v) is 3.53. The number of nitrogens with one attached hydrogen (secondary N) is 1. The van der Waals surface area contributed by atoms with Gasteiger partial charge < -0.3 is 9.87 Å². The highest BCUT2D eigenvalue weighted by Gasteiger charge is 2.40. The summed E-state index contributed by atoms with van der Waals surface area (Å²) in [7, 11) is 2.69. The molecule has 1 atom stereocenters. The van der Waals surface area contributed by atoms with Gasteiger partial charge in [-0.1, -0.05) is 10.8 Å². The lowest BCUT2D eigenvalue weighted by Crippen LogP contribution is -2.48. The first-order valence-electron chi connectivity index (χ1n) is 5.65. The largest absolute Gasteiger partial charge is 0.306 e. The molecule has 0 aromatic carbocycles. The van der Waals surface area contributed by atoms with E-state index in [-0.39, 0.29) is 11.7 Å². The first-order chi connectivity index (χ1) is 8.84. The maximum atomic E-state index is 11.6. The molecule has 0 bridgehead atoms. The van der Waals surface area contributed by atoms with E-state index in [9.17, 15) is 13.8 Å². The molecule has 0 saturated heterocycles. The summed E-state index contributed by atoms with van der Waals surface area (Å²) in [5, 5.41) is 2.90. The topological polar surface area (TPSA) is 95.8 Å². The summed E-state index contributed by atoms with van der Waals surface area (Å²) in [6.07, 6.45) is 1.46. The van der Waals surface area contributed by atoms with Crippen LogP contribution in [0.15, 0.2) is 4.99 Å². The lowest BCUT2D eigenvalue weighted by Gasteiger charge is -2.24. The van der Waals surface area contributed by atoms with Crippen molar-refractivity contribution >= 4 is 49.7 Å². The molecule has 1 heterocycles. The molecular weight excluding hydrogens is 308 g/mol. The van der Waals surface area contributed by atoms with Gasteiger partial charge in [0.25, 0.3) is 5.91 Å². The van der Waals surface area contributed by atoms with Crippen LogP contribution in [0.3, 0.4) is 0 Å². The van der Waals surface area contributed by atoms with Crippen molar-refractivity contribution in [3.8, 4) is 0 Å². The number of unbranched alkanes of at least 4 members (excludes halogenated alkanes) is 1. The van der Waals surface area contributed by atoms with E-state index in [1.165, 1.54) is 35.4 Å². The average Bonchev–Trinajstić information content (AvgIpc) is 2.30. The summed E-state index contributed by atoms with van der Waals surface area (Å²) in [5.41, 5.74) is -1.10. The highest BCUT2D eigenvalue weighted by atomic mass is 33.1. The molecule has 1 aliphatic heterocycles. The molecule has 9 heteroatoms. The lowest BCUT2D eigenvalue weighted by atomic mass is 9.91. The fraction of sp³-hybridized carbons (Fsp3) is 0.700. The molecular formula is C10H16N2O4S3. The Kier molecular flexibility index (Phi) is 6.51. The SMILES string of the molecule is CC1(C)C(=O)N=C(SSCCCCS(=O)O)NC1=O. The van der Waals surface area contributed by atoms with E-state index in [4.69, 9.17) is 4.55 Å². The second-order valence-electron chi connectivity index (χ2n) is 4.44. The van der Waals surface area contributed by atoms with Crippen LogP contribution >= 0.6 is 21.6 Å². The minimum absolute atomic E-state index is 0.273. The summed E-state index contributed by atoms with van der Waals surface area (Å²) in [6, 6.07) is 0. The van der Waals surface area contributed by atoms with E-state index in [2.05, 4.69) is 10.3 Å². The summed E-state index contributed by atoms with van der Waals surface area (Å²) in [5.74, 6) is 0.255. The Hall–Kier alpha value is -0.380. The van der Waals surface area contributed by atoms with Crippen molar-refractivity contribution in [2.45, 2.75) is 26.7 Å². The minimum atomic E-state index is -1.73. The van der Waals surface area contributed by atoms with Gasteiger partial charge in [-0.2, -0.15) is 4.99 Å². The Labute approximate surface area is 122 Å².